The van der Waals surface area contributed by atoms with Crippen LogP contribution >= 0.6 is 11.8 Å². The molecule has 102 valence electrons. The Balaban J connectivity index is 2.34. The largest absolute Gasteiger partial charge is 0.416 e. The van der Waals surface area contributed by atoms with E-state index >= 15 is 0 Å². The molecular formula is C10H10F3N5S. The SMILES string of the molecule is Cn1nnnc1Sc1ccc(C(F)(F)F)cc1CN. The van der Waals surface area contributed by atoms with Crippen LogP contribution in [0.25, 0.3) is 0 Å². The van der Waals surface area contributed by atoms with Crippen molar-refractivity contribution < 1.29 is 13.2 Å². The molecule has 9 heteroatoms. The molecule has 0 radical (unpaired) electrons. The van der Waals surface area contributed by atoms with E-state index in [1.807, 2.05) is 0 Å². The molecular weight excluding hydrogens is 279 g/mol. The molecule has 2 N–H and O–H groups in total. The number of tetrazole rings is 1. The molecule has 0 bridgehead atoms. The highest BCUT2D eigenvalue weighted by Crippen LogP contribution is 2.34. The first-order valence-electron chi connectivity index (χ1n) is 5.22. The smallest absolute Gasteiger partial charge is 0.326 e. The molecule has 5 nitrogen and oxygen atoms in total. The summed E-state index contributed by atoms with van der Waals surface area (Å²) in [5.74, 6) is 0. The van der Waals surface area contributed by atoms with Crippen LogP contribution in [0.3, 0.4) is 0 Å². The lowest BCUT2D eigenvalue weighted by Crippen LogP contribution is -2.08. The van der Waals surface area contributed by atoms with Gasteiger partial charge in [0.15, 0.2) is 0 Å². The molecule has 0 unspecified atom stereocenters. The van der Waals surface area contributed by atoms with Crippen molar-refractivity contribution in [1.29, 1.82) is 0 Å². The highest BCUT2D eigenvalue weighted by atomic mass is 32.2. The second kappa shape index (κ2) is 5.17. The maximum absolute atomic E-state index is 12.6. The summed E-state index contributed by atoms with van der Waals surface area (Å²) in [4.78, 5) is 0.605. The minimum absolute atomic E-state index is 0.0114. The Hall–Kier alpha value is -1.61. The lowest BCUT2D eigenvalue weighted by Gasteiger charge is -2.11. The highest BCUT2D eigenvalue weighted by molar-refractivity contribution is 7.99. The van der Waals surface area contributed by atoms with E-state index in [2.05, 4.69) is 15.5 Å². The lowest BCUT2D eigenvalue weighted by molar-refractivity contribution is -0.137. The minimum Gasteiger partial charge on any atom is -0.326 e. The lowest BCUT2D eigenvalue weighted by atomic mass is 10.1. The number of halogens is 3. The summed E-state index contributed by atoms with van der Waals surface area (Å²) in [5.41, 5.74) is 5.18. The van der Waals surface area contributed by atoms with Gasteiger partial charge in [-0.05, 0) is 46.0 Å². The van der Waals surface area contributed by atoms with Crippen LogP contribution in [0.4, 0.5) is 13.2 Å². The van der Waals surface area contributed by atoms with E-state index in [0.29, 0.717) is 15.6 Å². The number of nitrogens with two attached hydrogens (primary N) is 1. The van der Waals surface area contributed by atoms with Crippen molar-refractivity contribution in [2.45, 2.75) is 22.8 Å². The van der Waals surface area contributed by atoms with E-state index in [1.54, 1.807) is 7.05 Å². The van der Waals surface area contributed by atoms with Crippen LogP contribution in [0.5, 0.6) is 0 Å². The third kappa shape index (κ3) is 3.04. The van der Waals surface area contributed by atoms with Crippen molar-refractivity contribution >= 4 is 11.8 Å². The summed E-state index contributed by atoms with van der Waals surface area (Å²) in [6, 6.07) is 3.45. The Morgan fingerprint density at radius 1 is 1.37 bits per heavy atom. The van der Waals surface area contributed by atoms with Crippen LogP contribution in [0.2, 0.25) is 0 Å². The van der Waals surface area contributed by atoms with Gasteiger partial charge in [0, 0.05) is 18.5 Å². The van der Waals surface area contributed by atoms with Crippen molar-refractivity contribution in [1.82, 2.24) is 20.2 Å². The van der Waals surface area contributed by atoms with Crippen molar-refractivity contribution in [2.75, 3.05) is 0 Å². The zero-order chi connectivity index (χ0) is 14.0. The number of aryl methyl sites for hydroxylation is 1. The predicted octanol–water partition coefficient (Wildman–Crippen LogP) is 1.84. The van der Waals surface area contributed by atoms with E-state index in [0.717, 1.165) is 12.1 Å². The molecule has 0 aliphatic carbocycles. The molecule has 2 rings (SSSR count). The van der Waals surface area contributed by atoms with Gasteiger partial charge in [0.05, 0.1) is 5.56 Å². The average Bonchev–Trinajstić information content (AvgIpc) is 2.74. The van der Waals surface area contributed by atoms with E-state index in [9.17, 15) is 13.2 Å². The number of hydrogen-bond donors (Lipinski definition) is 1. The van der Waals surface area contributed by atoms with Crippen LogP contribution in [0, 0.1) is 0 Å². The Morgan fingerprint density at radius 2 is 2.11 bits per heavy atom. The maximum atomic E-state index is 12.6. The van der Waals surface area contributed by atoms with Crippen LogP contribution < -0.4 is 5.73 Å². The minimum atomic E-state index is -4.38. The van der Waals surface area contributed by atoms with Gasteiger partial charge in [-0.3, -0.25) is 0 Å². The van der Waals surface area contributed by atoms with Crippen molar-refractivity contribution in [3.05, 3.63) is 29.3 Å². The van der Waals surface area contributed by atoms with Crippen LogP contribution in [-0.2, 0) is 19.8 Å². The summed E-state index contributed by atoms with van der Waals surface area (Å²) in [6.07, 6.45) is -4.38. The molecule has 19 heavy (non-hydrogen) atoms. The summed E-state index contributed by atoms with van der Waals surface area (Å²) >= 11 is 1.17. The fourth-order valence-electron chi connectivity index (χ4n) is 1.42. The molecule has 0 atom stereocenters. The molecule has 0 aliphatic heterocycles. The van der Waals surface area contributed by atoms with E-state index in [4.69, 9.17) is 5.73 Å². The van der Waals surface area contributed by atoms with Gasteiger partial charge in [-0.25, -0.2) is 4.68 Å². The quantitative estimate of drug-likeness (QED) is 0.933. The number of rotatable bonds is 3. The van der Waals surface area contributed by atoms with Gasteiger partial charge in [-0.1, -0.05) is 0 Å². The van der Waals surface area contributed by atoms with Crippen LogP contribution in [-0.4, -0.2) is 20.2 Å². The zero-order valence-corrected chi connectivity index (χ0v) is 10.7. The third-order valence-electron chi connectivity index (χ3n) is 2.39. The van der Waals surface area contributed by atoms with Crippen molar-refractivity contribution in [2.24, 2.45) is 12.8 Å². The van der Waals surface area contributed by atoms with Gasteiger partial charge < -0.3 is 5.73 Å². The standard InChI is InChI=1S/C10H10F3N5S/c1-18-9(15-16-17-18)19-8-3-2-7(10(11,12)13)4-6(8)5-14/h2-4H,5,14H2,1H3. The topological polar surface area (TPSA) is 69.6 Å². The predicted molar refractivity (Wildman–Crippen MR) is 62.3 cm³/mol. The Labute approximate surface area is 111 Å². The monoisotopic (exact) mass is 289 g/mol. The number of nitrogens with zero attached hydrogens (tertiary/aromatic N) is 4. The molecule has 0 amide bonds. The maximum Gasteiger partial charge on any atom is 0.416 e. The first-order valence-corrected chi connectivity index (χ1v) is 6.04. The van der Waals surface area contributed by atoms with Gasteiger partial charge in [0.1, 0.15) is 0 Å². The Morgan fingerprint density at radius 3 is 2.63 bits per heavy atom. The van der Waals surface area contributed by atoms with Gasteiger partial charge in [0.25, 0.3) is 0 Å². The molecule has 1 aromatic carbocycles. The first-order chi connectivity index (χ1) is 8.91. The molecule has 0 saturated heterocycles. The number of aromatic nitrogens is 4. The molecule has 1 heterocycles. The van der Waals surface area contributed by atoms with Gasteiger partial charge in [0.2, 0.25) is 5.16 Å². The number of benzene rings is 1. The molecule has 0 saturated carbocycles. The first kappa shape index (κ1) is 13.8. The zero-order valence-electron chi connectivity index (χ0n) is 9.85. The molecule has 0 aliphatic rings. The summed E-state index contributed by atoms with van der Waals surface area (Å²) in [6.45, 7) is 0.0114. The van der Waals surface area contributed by atoms with Gasteiger partial charge in [-0.2, -0.15) is 13.2 Å². The fraction of sp³-hybridized carbons (Fsp3) is 0.300. The van der Waals surface area contributed by atoms with Crippen molar-refractivity contribution in [3.8, 4) is 0 Å². The van der Waals surface area contributed by atoms with Crippen LogP contribution in [0.15, 0.2) is 28.3 Å². The average molecular weight is 289 g/mol. The van der Waals surface area contributed by atoms with E-state index in [1.165, 1.54) is 22.5 Å². The van der Waals surface area contributed by atoms with Gasteiger partial charge in [-0.15, -0.1) is 5.10 Å². The third-order valence-corrected chi connectivity index (χ3v) is 3.54. The fourth-order valence-corrected chi connectivity index (χ4v) is 2.27. The van der Waals surface area contributed by atoms with Crippen LogP contribution in [0.1, 0.15) is 11.1 Å². The summed E-state index contributed by atoms with van der Waals surface area (Å²) < 4.78 is 39.2. The second-order valence-electron chi connectivity index (χ2n) is 3.71. The number of hydrogen-bond acceptors (Lipinski definition) is 5. The second-order valence-corrected chi connectivity index (χ2v) is 4.72. The van der Waals surface area contributed by atoms with Crippen molar-refractivity contribution in [3.63, 3.8) is 0 Å². The summed E-state index contributed by atoms with van der Waals surface area (Å²) in [5, 5.41) is 11.4. The Bertz CT molecular complexity index is 581. The molecule has 0 fully saturated rings. The Kier molecular flexibility index (Phi) is 3.76. The molecule has 1 aromatic heterocycles. The summed E-state index contributed by atoms with van der Waals surface area (Å²) in [7, 11) is 1.65. The number of alkyl halides is 3. The van der Waals surface area contributed by atoms with Gasteiger partial charge >= 0.3 is 6.18 Å². The highest BCUT2D eigenvalue weighted by Gasteiger charge is 2.31. The molecule has 2 aromatic rings. The van der Waals surface area contributed by atoms with E-state index < -0.39 is 11.7 Å². The molecule has 0 spiro atoms. The normalized spacial score (nSPS) is 11.8. The van der Waals surface area contributed by atoms with E-state index in [-0.39, 0.29) is 6.54 Å².